The molecule has 7 heteroatoms. The second-order valence-electron chi connectivity index (χ2n) is 11.1. The third kappa shape index (κ3) is 9.51. The Morgan fingerprint density at radius 3 is 2.08 bits per heavy atom. The van der Waals surface area contributed by atoms with Crippen LogP contribution >= 0.6 is 0 Å². The van der Waals surface area contributed by atoms with E-state index in [1.807, 2.05) is 64.1 Å². The lowest BCUT2D eigenvalue weighted by molar-refractivity contribution is -0.138. The largest absolute Gasteiger partial charge is 0.444 e. The number of para-hydroxylation sites is 1. The number of hydrogen-bond donors (Lipinski definition) is 2. The number of nitrogens with zero attached hydrogens (tertiary/aromatic N) is 1. The van der Waals surface area contributed by atoms with Crippen molar-refractivity contribution >= 4 is 23.6 Å². The van der Waals surface area contributed by atoms with E-state index in [1.54, 1.807) is 25.7 Å². The molecule has 0 spiro atoms. The molecule has 1 unspecified atom stereocenters. The second kappa shape index (κ2) is 14.0. The van der Waals surface area contributed by atoms with Crippen LogP contribution in [0.25, 0.3) is 0 Å². The highest BCUT2D eigenvalue weighted by atomic mass is 16.6. The van der Waals surface area contributed by atoms with Crippen LogP contribution in [-0.2, 0) is 14.3 Å². The third-order valence-electron chi connectivity index (χ3n) is 6.20. The normalized spacial score (nSPS) is 12.0. The van der Waals surface area contributed by atoms with Gasteiger partial charge in [0.2, 0.25) is 5.91 Å². The molecule has 0 heterocycles. The fourth-order valence-electron chi connectivity index (χ4n) is 4.51. The topological polar surface area (TPSA) is 87.7 Å². The molecule has 2 N–H and O–H groups in total. The van der Waals surface area contributed by atoms with Crippen molar-refractivity contribution in [3.63, 3.8) is 0 Å². The highest BCUT2D eigenvalue weighted by Crippen LogP contribution is 2.28. The number of benzene rings is 2. The number of rotatable bonds is 11. The van der Waals surface area contributed by atoms with Crippen LogP contribution in [0, 0.1) is 27.7 Å². The van der Waals surface area contributed by atoms with Gasteiger partial charge in [0, 0.05) is 12.2 Å². The monoisotopic (exact) mass is 523 g/mol. The van der Waals surface area contributed by atoms with E-state index in [-0.39, 0.29) is 18.4 Å². The number of carbonyl (C=O) groups excluding carboxylic acids is 3. The van der Waals surface area contributed by atoms with E-state index in [4.69, 9.17) is 4.74 Å². The lowest BCUT2D eigenvalue weighted by atomic mass is 9.98. The molecule has 0 aromatic heterocycles. The lowest BCUT2D eigenvalue weighted by Crippen LogP contribution is -2.47. The average molecular weight is 524 g/mol. The summed E-state index contributed by atoms with van der Waals surface area (Å²) in [7, 11) is 0. The van der Waals surface area contributed by atoms with Gasteiger partial charge >= 0.3 is 6.09 Å². The van der Waals surface area contributed by atoms with E-state index in [0.29, 0.717) is 6.54 Å². The summed E-state index contributed by atoms with van der Waals surface area (Å²) >= 11 is 0. The molecule has 208 valence electrons. The summed E-state index contributed by atoms with van der Waals surface area (Å²) in [6, 6.07) is 10.9. The van der Waals surface area contributed by atoms with Crippen LogP contribution < -0.4 is 10.6 Å². The summed E-state index contributed by atoms with van der Waals surface area (Å²) < 4.78 is 5.31. The fraction of sp³-hybridized carbons (Fsp3) is 0.516. The molecular formula is C31H45N3O4. The summed E-state index contributed by atoms with van der Waals surface area (Å²) in [5.74, 6) is -0.623. The number of aryl methyl sites for hydroxylation is 4. The van der Waals surface area contributed by atoms with Crippen molar-refractivity contribution in [2.75, 3.05) is 18.4 Å². The molecular weight excluding hydrogens is 478 g/mol. The number of ether oxygens (including phenoxy) is 1. The van der Waals surface area contributed by atoms with Crippen molar-refractivity contribution in [1.82, 2.24) is 10.2 Å². The van der Waals surface area contributed by atoms with Crippen LogP contribution in [0.2, 0.25) is 0 Å². The van der Waals surface area contributed by atoms with Gasteiger partial charge in [-0.1, -0.05) is 73.7 Å². The smallest absolute Gasteiger partial charge is 0.408 e. The molecule has 1 atom stereocenters. The first-order valence-electron chi connectivity index (χ1n) is 13.5. The van der Waals surface area contributed by atoms with Gasteiger partial charge in [-0.2, -0.15) is 0 Å². The van der Waals surface area contributed by atoms with E-state index >= 15 is 0 Å². The number of alkyl carbamates (subject to hydrolysis) is 1. The van der Waals surface area contributed by atoms with Crippen molar-refractivity contribution in [2.45, 2.75) is 92.7 Å². The van der Waals surface area contributed by atoms with Gasteiger partial charge in [0.05, 0.1) is 0 Å². The first kappa shape index (κ1) is 30.9. The second-order valence-corrected chi connectivity index (χ2v) is 11.1. The minimum Gasteiger partial charge on any atom is -0.444 e. The summed E-state index contributed by atoms with van der Waals surface area (Å²) in [6.07, 6.45) is 3.13. The maximum absolute atomic E-state index is 14.0. The van der Waals surface area contributed by atoms with Crippen molar-refractivity contribution in [1.29, 1.82) is 0 Å². The molecule has 0 aliphatic rings. The molecule has 3 amide bonds. The molecule has 7 nitrogen and oxygen atoms in total. The molecule has 2 rings (SSSR count). The Bertz CT molecular complexity index is 1080. The molecule has 0 fully saturated rings. The van der Waals surface area contributed by atoms with Crippen LogP contribution in [0.1, 0.15) is 87.2 Å². The SMILES string of the molecule is CCCCCCN(C(=O)CNC(=O)OC(C)(C)C)C(C(=O)Nc1c(C)cccc1C)c1cc(C)cc(C)c1. The zero-order valence-corrected chi connectivity index (χ0v) is 24.4. The highest BCUT2D eigenvalue weighted by Gasteiger charge is 2.32. The van der Waals surface area contributed by atoms with Gasteiger partial charge in [-0.3, -0.25) is 9.59 Å². The Balaban J connectivity index is 2.46. The first-order valence-corrected chi connectivity index (χ1v) is 13.5. The number of carbonyl (C=O) groups is 3. The van der Waals surface area contributed by atoms with Crippen LogP contribution in [0.3, 0.4) is 0 Å². The quantitative estimate of drug-likeness (QED) is 0.328. The molecule has 2 aromatic rings. The first-order chi connectivity index (χ1) is 17.8. The van der Waals surface area contributed by atoms with E-state index < -0.39 is 17.7 Å². The van der Waals surface area contributed by atoms with Gasteiger partial charge in [-0.25, -0.2) is 4.79 Å². The molecule has 0 saturated heterocycles. The Hall–Kier alpha value is -3.35. The molecule has 0 aliphatic carbocycles. The maximum atomic E-state index is 14.0. The van der Waals surface area contributed by atoms with Crippen LogP contribution in [0.15, 0.2) is 36.4 Å². The predicted octanol–water partition coefficient (Wildman–Crippen LogP) is 6.53. The summed E-state index contributed by atoms with van der Waals surface area (Å²) in [5.41, 5.74) is 4.73. The number of hydrogen-bond acceptors (Lipinski definition) is 4. The van der Waals surface area contributed by atoms with Crippen LogP contribution in [0.4, 0.5) is 10.5 Å². The van der Waals surface area contributed by atoms with E-state index in [0.717, 1.165) is 59.2 Å². The van der Waals surface area contributed by atoms with Crippen molar-refractivity contribution in [3.8, 4) is 0 Å². The average Bonchev–Trinajstić information content (AvgIpc) is 2.80. The standard InChI is InChI=1S/C31H45N3O4/c1-9-10-11-12-16-34(26(35)20-32-30(37)38-31(6,7)8)28(25-18-21(2)17-22(3)19-25)29(36)33-27-23(4)14-13-15-24(27)5/h13-15,17-19,28H,9-12,16,20H2,1-8H3,(H,32,37)(H,33,36). The van der Waals surface area contributed by atoms with Gasteiger partial charge in [0.15, 0.2) is 0 Å². The minimum atomic E-state index is -0.859. The predicted molar refractivity (Wildman–Crippen MR) is 153 cm³/mol. The summed E-state index contributed by atoms with van der Waals surface area (Å²) in [5, 5.41) is 5.68. The number of nitrogens with one attached hydrogen (secondary N) is 2. The summed E-state index contributed by atoms with van der Waals surface area (Å²) in [6.45, 7) is 15.4. The number of amides is 3. The van der Waals surface area contributed by atoms with Crippen molar-refractivity contribution in [2.24, 2.45) is 0 Å². The van der Waals surface area contributed by atoms with Gasteiger partial charge in [-0.05, 0) is 71.6 Å². The lowest BCUT2D eigenvalue weighted by Gasteiger charge is -2.32. The molecule has 0 radical (unpaired) electrons. The van der Waals surface area contributed by atoms with Gasteiger partial charge < -0.3 is 20.3 Å². The Morgan fingerprint density at radius 2 is 1.53 bits per heavy atom. The number of unbranched alkanes of at least 4 members (excludes halogenated alkanes) is 3. The van der Waals surface area contributed by atoms with E-state index in [2.05, 4.69) is 17.6 Å². The zero-order valence-electron chi connectivity index (χ0n) is 24.4. The van der Waals surface area contributed by atoms with Crippen molar-refractivity contribution < 1.29 is 19.1 Å². The van der Waals surface area contributed by atoms with Crippen LogP contribution in [0.5, 0.6) is 0 Å². The van der Waals surface area contributed by atoms with Crippen molar-refractivity contribution in [3.05, 3.63) is 64.2 Å². The third-order valence-corrected chi connectivity index (χ3v) is 6.20. The summed E-state index contributed by atoms with van der Waals surface area (Å²) in [4.78, 5) is 41.5. The highest BCUT2D eigenvalue weighted by molar-refractivity contribution is 5.99. The fourth-order valence-corrected chi connectivity index (χ4v) is 4.51. The molecule has 0 aliphatic heterocycles. The molecule has 0 saturated carbocycles. The molecule has 38 heavy (non-hydrogen) atoms. The van der Waals surface area contributed by atoms with E-state index in [9.17, 15) is 14.4 Å². The Labute approximate surface area is 228 Å². The van der Waals surface area contributed by atoms with Gasteiger partial charge in [-0.15, -0.1) is 0 Å². The Morgan fingerprint density at radius 1 is 0.921 bits per heavy atom. The van der Waals surface area contributed by atoms with Gasteiger partial charge in [0.1, 0.15) is 18.2 Å². The molecule has 2 aromatic carbocycles. The van der Waals surface area contributed by atoms with E-state index in [1.165, 1.54) is 0 Å². The number of anilines is 1. The Kier molecular flexibility index (Phi) is 11.4. The van der Waals surface area contributed by atoms with Gasteiger partial charge in [0.25, 0.3) is 5.91 Å². The van der Waals surface area contributed by atoms with Crippen LogP contribution in [-0.4, -0.2) is 41.5 Å². The minimum absolute atomic E-state index is 0.263. The molecule has 0 bridgehead atoms. The zero-order chi connectivity index (χ0) is 28.5. The maximum Gasteiger partial charge on any atom is 0.408 e.